The molecule has 0 unspecified atom stereocenters. The van der Waals surface area contributed by atoms with Crippen molar-refractivity contribution in [2.45, 2.75) is 0 Å². The SMILES string of the molecule is COc1cc(O)cc(O)c1C(=O)/C=C/c1ccc([N+](=O)[O-])cc1. The first-order chi connectivity index (χ1) is 10.9. The Morgan fingerprint density at radius 2 is 1.87 bits per heavy atom. The fraction of sp³-hybridized carbons (Fsp3) is 0.0625. The van der Waals surface area contributed by atoms with Crippen LogP contribution < -0.4 is 4.74 Å². The number of rotatable bonds is 5. The van der Waals surface area contributed by atoms with Crippen LogP contribution in [0.15, 0.2) is 42.5 Å². The number of benzene rings is 2. The molecular formula is C16H13NO6. The maximum atomic E-state index is 12.2. The third-order valence-corrected chi connectivity index (χ3v) is 3.06. The zero-order chi connectivity index (χ0) is 17.0. The van der Waals surface area contributed by atoms with E-state index >= 15 is 0 Å². The summed E-state index contributed by atoms with van der Waals surface area (Å²) in [4.78, 5) is 22.2. The Morgan fingerprint density at radius 3 is 2.43 bits per heavy atom. The summed E-state index contributed by atoms with van der Waals surface area (Å²) in [6, 6.07) is 7.89. The summed E-state index contributed by atoms with van der Waals surface area (Å²) in [5, 5.41) is 29.8. The molecule has 0 radical (unpaired) electrons. The fourth-order valence-corrected chi connectivity index (χ4v) is 1.96. The van der Waals surface area contributed by atoms with Gasteiger partial charge >= 0.3 is 0 Å². The van der Waals surface area contributed by atoms with E-state index in [1.54, 1.807) is 0 Å². The quantitative estimate of drug-likeness (QED) is 0.380. The minimum absolute atomic E-state index is 0.0425. The van der Waals surface area contributed by atoms with Gasteiger partial charge in [-0.3, -0.25) is 14.9 Å². The van der Waals surface area contributed by atoms with Crippen LogP contribution in [-0.2, 0) is 0 Å². The molecule has 0 amide bonds. The van der Waals surface area contributed by atoms with Gasteiger partial charge in [0.1, 0.15) is 22.8 Å². The number of carbonyl (C=O) groups is 1. The number of non-ortho nitro benzene ring substituents is 1. The minimum Gasteiger partial charge on any atom is -0.508 e. The first kappa shape index (κ1) is 16.0. The maximum absolute atomic E-state index is 12.2. The second kappa shape index (κ2) is 6.61. The third kappa shape index (κ3) is 3.65. The molecule has 2 rings (SSSR count). The number of allylic oxidation sites excluding steroid dienone is 1. The van der Waals surface area contributed by atoms with Crippen LogP contribution in [-0.4, -0.2) is 28.0 Å². The summed E-state index contributed by atoms with van der Waals surface area (Å²) in [6.45, 7) is 0. The molecule has 7 nitrogen and oxygen atoms in total. The topological polar surface area (TPSA) is 110 Å². The zero-order valence-electron chi connectivity index (χ0n) is 12.1. The first-order valence-corrected chi connectivity index (χ1v) is 6.49. The van der Waals surface area contributed by atoms with E-state index < -0.39 is 16.5 Å². The van der Waals surface area contributed by atoms with Gasteiger partial charge in [-0.25, -0.2) is 0 Å². The number of phenols is 2. The van der Waals surface area contributed by atoms with Crippen LogP contribution in [0, 0.1) is 10.1 Å². The van der Waals surface area contributed by atoms with Gasteiger partial charge in [0.05, 0.1) is 12.0 Å². The van der Waals surface area contributed by atoms with E-state index in [0.29, 0.717) is 5.56 Å². The monoisotopic (exact) mass is 315 g/mol. The highest BCUT2D eigenvalue weighted by atomic mass is 16.6. The smallest absolute Gasteiger partial charge is 0.269 e. The van der Waals surface area contributed by atoms with E-state index in [1.807, 2.05) is 0 Å². The van der Waals surface area contributed by atoms with E-state index in [0.717, 1.165) is 6.07 Å². The van der Waals surface area contributed by atoms with E-state index in [2.05, 4.69) is 0 Å². The number of nitro benzene ring substituents is 1. The highest BCUT2D eigenvalue weighted by Crippen LogP contribution is 2.33. The number of nitrogens with zero attached hydrogens (tertiary/aromatic N) is 1. The number of nitro groups is 1. The number of hydrogen-bond donors (Lipinski definition) is 2. The molecule has 0 saturated heterocycles. The predicted octanol–water partition coefficient (Wildman–Crippen LogP) is 2.91. The molecule has 0 saturated carbocycles. The van der Waals surface area contributed by atoms with Crippen LogP contribution in [0.2, 0.25) is 0 Å². The van der Waals surface area contributed by atoms with Crippen molar-refractivity contribution in [3.05, 3.63) is 63.7 Å². The molecule has 118 valence electrons. The number of hydrogen-bond acceptors (Lipinski definition) is 6. The Balaban J connectivity index is 2.26. The Kier molecular flexibility index (Phi) is 4.61. The lowest BCUT2D eigenvalue weighted by Crippen LogP contribution is -1.99. The molecule has 0 heterocycles. The van der Waals surface area contributed by atoms with Gasteiger partial charge in [-0.1, -0.05) is 6.08 Å². The molecule has 0 aromatic heterocycles. The standard InChI is InChI=1S/C16H13NO6/c1-23-15-9-12(18)8-14(20)16(15)13(19)7-4-10-2-5-11(6-3-10)17(21)22/h2-9,18,20H,1H3/b7-4+. The lowest BCUT2D eigenvalue weighted by molar-refractivity contribution is -0.384. The molecular weight excluding hydrogens is 302 g/mol. The summed E-state index contributed by atoms with van der Waals surface area (Å²) in [6.07, 6.45) is 2.66. The molecule has 0 spiro atoms. The summed E-state index contributed by atoms with van der Waals surface area (Å²) < 4.78 is 4.97. The van der Waals surface area contributed by atoms with Gasteiger partial charge in [0, 0.05) is 24.3 Å². The number of carbonyl (C=O) groups excluding carboxylic acids is 1. The first-order valence-electron chi connectivity index (χ1n) is 6.49. The van der Waals surface area contributed by atoms with Crippen molar-refractivity contribution in [1.82, 2.24) is 0 Å². The lowest BCUT2D eigenvalue weighted by atomic mass is 10.1. The average Bonchev–Trinajstić information content (AvgIpc) is 2.52. The van der Waals surface area contributed by atoms with E-state index in [1.165, 1.54) is 49.6 Å². The Hall–Kier alpha value is -3.35. The lowest BCUT2D eigenvalue weighted by Gasteiger charge is -2.08. The summed E-state index contributed by atoms with van der Waals surface area (Å²) in [7, 11) is 1.31. The molecule has 0 aliphatic rings. The number of aromatic hydroxyl groups is 2. The van der Waals surface area contributed by atoms with Crippen LogP contribution >= 0.6 is 0 Å². The summed E-state index contributed by atoms with van der Waals surface area (Å²) in [5.41, 5.74) is 0.455. The van der Waals surface area contributed by atoms with Gasteiger partial charge < -0.3 is 14.9 Å². The summed E-state index contributed by atoms with van der Waals surface area (Å²) in [5.74, 6) is -1.12. The van der Waals surface area contributed by atoms with Gasteiger partial charge in [0.25, 0.3) is 5.69 Å². The van der Waals surface area contributed by atoms with Crippen LogP contribution in [0.3, 0.4) is 0 Å². The minimum atomic E-state index is -0.530. The number of ketones is 1. The van der Waals surface area contributed by atoms with Crippen molar-refractivity contribution in [1.29, 1.82) is 0 Å². The van der Waals surface area contributed by atoms with Gasteiger partial charge in [-0.2, -0.15) is 0 Å². The molecule has 0 aliphatic heterocycles. The van der Waals surface area contributed by atoms with Crippen molar-refractivity contribution >= 4 is 17.5 Å². The molecule has 23 heavy (non-hydrogen) atoms. The van der Waals surface area contributed by atoms with E-state index in [9.17, 15) is 25.1 Å². The molecule has 2 aromatic carbocycles. The van der Waals surface area contributed by atoms with Crippen molar-refractivity contribution in [2.75, 3.05) is 7.11 Å². The molecule has 0 atom stereocenters. The Labute approximate surface area is 131 Å². The third-order valence-electron chi connectivity index (χ3n) is 3.06. The van der Waals surface area contributed by atoms with Crippen LogP contribution in [0.4, 0.5) is 5.69 Å². The Bertz CT molecular complexity index is 780. The van der Waals surface area contributed by atoms with Crippen molar-refractivity contribution in [3.63, 3.8) is 0 Å². The van der Waals surface area contributed by atoms with Gasteiger partial charge in [-0.05, 0) is 23.8 Å². The Morgan fingerprint density at radius 1 is 1.22 bits per heavy atom. The highest BCUT2D eigenvalue weighted by molar-refractivity contribution is 6.10. The number of methoxy groups -OCH3 is 1. The fourth-order valence-electron chi connectivity index (χ4n) is 1.96. The zero-order valence-corrected chi connectivity index (χ0v) is 12.1. The van der Waals surface area contributed by atoms with Crippen molar-refractivity contribution in [3.8, 4) is 17.2 Å². The van der Waals surface area contributed by atoms with Crippen LogP contribution in [0.1, 0.15) is 15.9 Å². The predicted molar refractivity (Wildman–Crippen MR) is 82.8 cm³/mol. The molecule has 2 aromatic rings. The molecule has 0 aliphatic carbocycles. The van der Waals surface area contributed by atoms with Gasteiger partial charge in [-0.15, -0.1) is 0 Å². The van der Waals surface area contributed by atoms with Crippen LogP contribution in [0.25, 0.3) is 6.08 Å². The van der Waals surface area contributed by atoms with Crippen molar-refractivity contribution < 1.29 is 24.7 Å². The van der Waals surface area contributed by atoms with Crippen LogP contribution in [0.5, 0.6) is 17.2 Å². The highest BCUT2D eigenvalue weighted by Gasteiger charge is 2.16. The molecule has 2 N–H and O–H groups in total. The second-order valence-electron chi connectivity index (χ2n) is 4.59. The largest absolute Gasteiger partial charge is 0.508 e. The van der Waals surface area contributed by atoms with Gasteiger partial charge in [0.2, 0.25) is 0 Å². The molecule has 0 fully saturated rings. The average molecular weight is 315 g/mol. The van der Waals surface area contributed by atoms with Gasteiger partial charge in [0.15, 0.2) is 5.78 Å². The number of phenolic OH excluding ortho intramolecular Hbond substituents is 2. The second-order valence-corrected chi connectivity index (χ2v) is 4.59. The molecule has 0 bridgehead atoms. The molecule has 7 heteroatoms. The maximum Gasteiger partial charge on any atom is 0.269 e. The normalized spacial score (nSPS) is 10.7. The number of ether oxygens (including phenoxy) is 1. The van der Waals surface area contributed by atoms with E-state index in [4.69, 9.17) is 4.74 Å². The summed E-state index contributed by atoms with van der Waals surface area (Å²) >= 11 is 0. The van der Waals surface area contributed by atoms with Crippen molar-refractivity contribution in [2.24, 2.45) is 0 Å². The van der Waals surface area contributed by atoms with E-state index in [-0.39, 0.29) is 22.7 Å².